The van der Waals surface area contributed by atoms with Gasteiger partial charge in [0.1, 0.15) is 5.56 Å². The predicted molar refractivity (Wildman–Crippen MR) is 73.0 cm³/mol. The summed E-state index contributed by atoms with van der Waals surface area (Å²) >= 11 is 0. The highest BCUT2D eigenvalue weighted by molar-refractivity contribution is 5.94. The van der Waals surface area contributed by atoms with Crippen molar-refractivity contribution < 1.29 is 19.2 Å². The average Bonchev–Trinajstić information content (AvgIpc) is 3.08. The van der Waals surface area contributed by atoms with E-state index in [2.05, 4.69) is 9.64 Å². The number of esters is 1. The Morgan fingerprint density at radius 3 is 2.95 bits per heavy atom. The molecule has 0 aliphatic carbocycles. The first-order valence-corrected chi connectivity index (χ1v) is 6.79. The molecule has 2 aliphatic rings. The second-order valence-electron chi connectivity index (χ2n) is 5.37. The summed E-state index contributed by atoms with van der Waals surface area (Å²) in [6.45, 7) is 2.27. The molecule has 1 aromatic carbocycles. The minimum atomic E-state index is -0.685. The van der Waals surface area contributed by atoms with Crippen LogP contribution in [-0.2, 0) is 16.0 Å². The van der Waals surface area contributed by atoms with Gasteiger partial charge in [-0.15, -0.1) is 0 Å². The van der Waals surface area contributed by atoms with Gasteiger partial charge < -0.3 is 9.47 Å². The van der Waals surface area contributed by atoms with Crippen molar-refractivity contribution in [3.8, 4) is 0 Å². The van der Waals surface area contributed by atoms with Crippen LogP contribution in [0.25, 0.3) is 0 Å². The summed E-state index contributed by atoms with van der Waals surface area (Å²) < 4.78 is 10.2. The summed E-state index contributed by atoms with van der Waals surface area (Å²) in [6, 6.07) is 5.02. The number of carbonyl (C=O) groups excluding carboxylic acids is 1. The quantitative estimate of drug-likeness (QED) is 0.473. The Balaban J connectivity index is 1.83. The summed E-state index contributed by atoms with van der Waals surface area (Å²) in [5.74, 6) is -0.685. The maximum Gasteiger partial charge on any atom is 0.344 e. The Morgan fingerprint density at radius 2 is 2.38 bits per heavy atom. The molecule has 0 aromatic heterocycles. The van der Waals surface area contributed by atoms with Gasteiger partial charge in [-0.3, -0.25) is 15.0 Å². The Morgan fingerprint density at radius 1 is 1.57 bits per heavy atom. The van der Waals surface area contributed by atoms with E-state index in [1.54, 1.807) is 12.1 Å². The topological polar surface area (TPSA) is 81.9 Å². The van der Waals surface area contributed by atoms with Crippen molar-refractivity contribution in [2.75, 3.05) is 20.3 Å². The van der Waals surface area contributed by atoms with E-state index in [1.807, 2.05) is 0 Å². The summed E-state index contributed by atoms with van der Waals surface area (Å²) in [6.07, 6.45) is 1.34. The van der Waals surface area contributed by atoms with Gasteiger partial charge in [0.05, 0.1) is 24.7 Å². The molecule has 2 aliphatic heterocycles. The predicted octanol–water partition coefficient (Wildman–Crippen LogP) is 1.35. The largest absolute Gasteiger partial charge is 0.465 e. The molecule has 2 bridgehead atoms. The minimum Gasteiger partial charge on any atom is -0.465 e. The van der Waals surface area contributed by atoms with Crippen LogP contribution >= 0.6 is 0 Å². The summed E-state index contributed by atoms with van der Waals surface area (Å²) in [5, 5.41) is 11.0. The fourth-order valence-corrected chi connectivity index (χ4v) is 3.02. The van der Waals surface area contributed by atoms with Crippen LogP contribution in [0.2, 0.25) is 0 Å². The zero-order chi connectivity index (χ0) is 15.0. The number of fused-ring (bicyclic) bond motifs is 2. The number of nitro benzene ring substituents is 1. The molecule has 2 fully saturated rings. The Kier molecular flexibility index (Phi) is 3.60. The lowest BCUT2D eigenvalue weighted by Crippen LogP contribution is -2.36. The van der Waals surface area contributed by atoms with Crippen molar-refractivity contribution >= 4 is 11.7 Å². The van der Waals surface area contributed by atoms with Crippen molar-refractivity contribution in [1.82, 2.24) is 4.90 Å². The molecule has 112 valence electrons. The van der Waals surface area contributed by atoms with Crippen LogP contribution in [-0.4, -0.2) is 48.2 Å². The molecule has 3 rings (SSSR count). The highest BCUT2D eigenvalue weighted by Gasteiger charge is 2.38. The number of ether oxygens (including phenoxy) is 2. The zero-order valence-corrected chi connectivity index (χ0v) is 11.7. The van der Waals surface area contributed by atoms with Gasteiger partial charge in [0.15, 0.2) is 0 Å². The van der Waals surface area contributed by atoms with Gasteiger partial charge >= 0.3 is 5.97 Å². The number of likely N-dealkylation sites (tertiary alicyclic amines) is 1. The van der Waals surface area contributed by atoms with Crippen molar-refractivity contribution in [1.29, 1.82) is 0 Å². The van der Waals surface area contributed by atoms with E-state index in [0.29, 0.717) is 18.7 Å². The van der Waals surface area contributed by atoms with Crippen molar-refractivity contribution in [3.05, 3.63) is 39.4 Å². The van der Waals surface area contributed by atoms with Gasteiger partial charge in [-0.1, -0.05) is 6.07 Å². The number of rotatable bonds is 4. The first kappa shape index (κ1) is 14.0. The molecule has 2 heterocycles. The van der Waals surface area contributed by atoms with Gasteiger partial charge in [-0.2, -0.15) is 0 Å². The second-order valence-corrected chi connectivity index (χ2v) is 5.37. The lowest BCUT2D eigenvalue weighted by molar-refractivity contribution is -0.385. The molecule has 2 atom stereocenters. The molecule has 0 amide bonds. The summed E-state index contributed by atoms with van der Waals surface area (Å²) in [7, 11) is 1.22. The molecule has 21 heavy (non-hydrogen) atoms. The number of nitro groups is 1. The second kappa shape index (κ2) is 5.42. The lowest BCUT2D eigenvalue weighted by Gasteiger charge is -2.26. The number of carbonyl (C=O) groups is 1. The smallest absolute Gasteiger partial charge is 0.344 e. The van der Waals surface area contributed by atoms with Gasteiger partial charge in [0, 0.05) is 25.2 Å². The molecule has 0 spiro atoms. The molecular formula is C14H16N2O5. The highest BCUT2D eigenvalue weighted by atomic mass is 16.6. The Labute approximate surface area is 121 Å². The number of morpholine rings is 1. The summed E-state index contributed by atoms with van der Waals surface area (Å²) in [4.78, 5) is 24.4. The maximum absolute atomic E-state index is 11.7. The number of nitrogens with zero attached hydrogens (tertiary/aromatic N) is 2. The van der Waals surface area contributed by atoms with Crippen LogP contribution in [0.5, 0.6) is 0 Å². The third-order valence-corrected chi connectivity index (χ3v) is 4.06. The van der Waals surface area contributed by atoms with Crippen LogP contribution in [0.15, 0.2) is 18.2 Å². The van der Waals surface area contributed by atoms with E-state index in [-0.39, 0.29) is 11.3 Å². The SMILES string of the molecule is COC(=O)c1cc(CN2C[C@@H]3C[C@H]2CO3)ccc1[N+](=O)[O-]. The van der Waals surface area contributed by atoms with E-state index >= 15 is 0 Å². The lowest BCUT2D eigenvalue weighted by atomic mass is 10.1. The number of benzene rings is 1. The monoisotopic (exact) mass is 292 g/mol. The third kappa shape index (κ3) is 2.62. The van der Waals surface area contributed by atoms with Crippen LogP contribution in [0.3, 0.4) is 0 Å². The molecule has 0 N–H and O–H groups in total. The molecule has 0 unspecified atom stereocenters. The van der Waals surface area contributed by atoms with Crippen molar-refractivity contribution in [2.45, 2.75) is 25.1 Å². The van der Waals surface area contributed by atoms with Crippen molar-refractivity contribution in [2.24, 2.45) is 0 Å². The molecule has 0 saturated carbocycles. The Hall–Kier alpha value is -1.99. The van der Waals surface area contributed by atoms with Gasteiger partial charge in [0.25, 0.3) is 5.69 Å². The van der Waals surface area contributed by atoms with E-state index in [4.69, 9.17) is 4.74 Å². The third-order valence-electron chi connectivity index (χ3n) is 4.06. The van der Waals surface area contributed by atoms with Crippen LogP contribution < -0.4 is 0 Å². The highest BCUT2D eigenvalue weighted by Crippen LogP contribution is 2.30. The molecule has 2 saturated heterocycles. The number of hydrogen-bond donors (Lipinski definition) is 0. The average molecular weight is 292 g/mol. The Bertz CT molecular complexity index is 589. The van der Waals surface area contributed by atoms with Gasteiger partial charge in [-0.05, 0) is 18.1 Å². The number of methoxy groups -OCH3 is 1. The van der Waals surface area contributed by atoms with Crippen LogP contribution in [0.4, 0.5) is 5.69 Å². The normalized spacial score (nSPS) is 24.2. The molecule has 1 aromatic rings. The van der Waals surface area contributed by atoms with E-state index in [9.17, 15) is 14.9 Å². The fraction of sp³-hybridized carbons (Fsp3) is 0.500. The zero-order valence-electron chi connectivity index (χ0n) is 11.7. The molecule has 7 nitrogen and oxygen atoms in total. The summed E-state index contributed by atoms with van der Waals surface area (Å²) in [5.41, 5.74) is 0.644. The number of hydrogen-bond acceptors (Lipinski definition) is 6. The first-order valence-electron chi connectivity index (χ1n) is 6.79. The van der Waals surface area contributed by atoms with Crippen LogP contribution in [0.1, 0.15) is 22.3 Å². The fourth-order valence-electron chi connectivity index (χ4n) is 3.02. The van der Waals surface area contributed by atoms with Gasteiger partial charge in [-0.25, -0.2) is 4.79 Å². The molecular weight excluding hydrogens is 276 g/mol. The van der Waals surface area contributed by atoms with Gasteiger partial charge in [0.2, 0.25) is 0 Å². The minimum absolute atomic E-state index is 0.000561. The van der Waals surface area contributed by atoms with E-state index in [0.717, 1.165) is 25.1 Å². The van der Waals surface area contributed by atoms with E-state index < -0.39 is 10.9 Å². The van der Waals surface area contributed by atoms with Crippen molar-refractivity contribution in [3.63, 3.8) is 0 Å². The maximum atomic E-state index is 11.7. The standard InChI is InChI=1S/C14H16N2O5/c1-20-14(17)12-4-9(2-3-13(12)16(18)19)6-15-7-11-5-10(15)8-21-11/h2-4,10-11H,5-8H2,1H3/t10-,11-/m0/s1. The van der Waals surface area contributed by atoms with Crippen LogP contribution in [0, 0.1) is 10.1 Å². The molecule has 0 radical (unpaired) electrons. The van der Waals surface area contributed by atoms with E-state index in [1.165, 1.54) is 13.2 Å². The molecule has 7 heteroatoms. The first-order chi connectivity index (χ1) is 10.1.